The van der Waals surface area contributed by atoms with Crippen LogP contribution in [0.5, 0.6) is 0 Å². The second-order valence-electron chi connectivity index (χ2n) is 4.71. The van der Waals surface area contributed by atoms with Crippen LogP contribution in [0.4, 0.5) is 10.5 Å². The van der Waals surface area contributed by atoms with Gasteiger partial charge in [0, 0.05) is 23.2 Å². The number of urea groups is 1. The molecular formula is C13H15BrN2O4. The van der Waals surface area contributed by atoms with Crippen molar-refractivity contribution in [3.05, 3.63) is 28.2 Å². The van der Waals surface area contributed by atoms with E-state index in [2.05, 4.69) is 21.2 Å². The molecule has 6 nitrogen and oxygen atoms in total. The number of aliphatic hydroxyl groups excluding tert-OH is 1. The number of aliphatic hydroxyl groups is 1. The van der Waals surface area contributed by atoms with E-state index in [4.69, 9.17) is 5.11 Å². The molecule has 3 N–H and O–H groups in total. The highest BCUT2D eigenvalue weighted by Crippen LogP contribution is 2.20. The quantitative estimate of drug-likeness (QED) is 0.767. The lowest BCUT2D eigenvalue weighted by molar-refractivity contribution is 0.0696. The van der Waals surface area contributed by atoms with Gasteiger partial charge in [0.2, 0.25) is 0 Å². The molecule has 1 aliphatic rings. The summed E-state index contributed by atoms with van der Waals surface area (Å²) < 4.78 is 0.575. The van der Waals surface area contributed by atoms with Crippen LogP contribution in [-0.2, 0) is 0 Å². The predicted molar refractivity (Wildman–Crippen MR) is 76.9 cm³/mol. The molecule has 1 saturated heterocycles. The molecule has 20 heavy (non-hydrogen) atoms. The number of carboxylic acid groups (broad SMARTS) is 1. The van der Waals surface area contributed by atoms with Crippen LogP contribution < -0.4 is 5.32 Å². The number of benzene rings is 1. The third-order valence-corrected chi connectivity index (χ3v) is 3.54. The van der Waals surface area contributed by atoms with Crippen molar-refractivity contribution in [1.82, 2.24) is 4.90 Å². The molecule has 1 aromatic rings. The molecule has 1 atom stereocenters. The second-order valence-corrected chi connectivity index (χ2v) is 5.62. The minimum absolute atomic E-state index is 0.0911. The number of likely N-dealkylation sites (tertiary alicyclic amines) is 1. The standard InChI is InChI=1S/C13H15BrN2O4/c14-9-4-8(12(18)19)5-10(6-9)15-13(20)16-3-1-2-11(17)7-16/h4-6,11,17H,1-3,7H2,(H,15,20)(H,18,19). The topological polar surface area (TPSA) is 89.9 Å². The second kappa shape index (κ2) is 6.23. The van der Waals surface area contributed by atoms with Gasteiger partial charge in [-0.2, -0.15) is 0 Å². The summed E-state index contributed by atoms with van der Waals surface area (Å²) in [4.78, 5) is 24.5. The van der Waals surface area contributed by atoms with Gasteiger partial charge in [0.15, 0.2) is 0 Å². The molecule has 0 aromatic heterocycles. The van der Waals surface area contributed by atoms with E-state index in [1.54, 1.807) is 6.07 Å². The highest BCUT2D eigenvalue weighted by molar-refractivity contribution is 9.10. The molecule has 1 aliphatic heterocycles. The summed E-state index contributed by atoms with van der Waals surface area (Å²) in [6.45, 7) is 0.883. The van der Waals surface area contributed by atoms with Crippen molar-refractivity contribution >= 4 is 33.6 Å². The van der Waals surface area contributed by atoms with E-state index >= 15 is 0 Å². The monoisotopic (exact) mass is 342 g/mol. The van der Waals surface area contributed by atoms with Gasteiger partial charge < -0.3 is 20.4 Å². The predicted octanol–water partition coefficient (Wildman–Crippen LogP) is 2.14. The Kier molecular flexibility index (Phi) is 4.61. The van der Waals surface area contributed by atoms with Gasteiger partial charge in [-0.1, -0.05) is 15.9 Å². The number of nitrogens with one attached hydrogen (secondary N) is 1. The fraction of sp³-hybridized carbons (Fsp3) is 0.385. The maximum absolute atomic E-state index is 12.0. The zero-order valence-electron chi connectivity index (χ0n) is 10.7. The van der Waals surface area contributed by atoms with Gasteiger partial charge in [-0.15, -0.1) is 0 Å². The Labute approximate surface area is 124 Å². The molecule has 7 heteroatoms. The number of nitrogens with zero attached hydrogens (tertiary/aromatic N) is 1. The fourth-order valence-corrected chi connectivity index (χ4v) is 2.62. The minimum Gasteiger partial charge on any atom is -0.478 e. The van der Waals surface area contributed by atoms with Gasteiger partial charge in [0.1, 0.15) is 0 Å². The van der Waals surface area contributed by atoms with Crippen molar-refractivity contribution in [2.75, 3.05) is 18.4 Å². The maximum Gasteiger partial charge on any atom is 0.335 e. The Hall–Kier alpha value is -1.60. The summed E-state index contributed by atoms with van der Waals surface area (Å²) in [5.74, 6) is -1.06. The normalized spacial score (nSPS) is 18.7. The van der Waals surface area contributed by atoms with Gasteiger partial charge in [-0.25, -0.2) is 9.59 Å². The van der Waals surface area contributed by atoms with E-state index < -0.39 is 12.1 Å². The lowest BCUT2D eigenvalue weighted by atomic mass is 10.1. The first-order valence-electron chi connectivity index (χ1n) is 6.23. The van der Waals surface area contributed by atoms with Crippen molar-refractivity contribution < 1.29 is 19.8 Å². The molecule has 1 unspecified atom stereocenters. The van der Waals surface area contributed by atoms with Gasteiger partial charge in [-0.05, 0) is 31.0 Å². The number of hydrogen-bond acceptors (Lipinski definition) is 3. The van der Waals surface area contributed by atoms with E-state index in [-0.39, 0.29) is 11.6 Å². The Morgan fingerprint density at radius 3 is 2.75 bits per heavy atom. The molecule has 2 rings (SSSR count). The number of anilines is 1. The molecule has 1 fully saturated rings. The Bertz CT molecular complexity index is 535. The van der Waals surface area contributed by atoms with Crippen molar-refractivity contribution in [2.45, 2.75) is 18.9 Å². The fourth-order valence-electron chi connectivity index (χ4n) is 2.13. The maximum atomic E-state index is 12.0. The van der Waals surface area contributed by atoms with E-state index in [1.165, 1.54) is 17.0 Å². The molecule has 1 aromatic carbocycles. The Balaban J connectivity index is 2.09. The number of β-amino-alcohol motifs (C(OH)–C–C–N with tert-alkyl or cyclic N) is 1. The number of piperidine rings is 1. The van der Waals surface area contributed by atoms with Crippen LogP contribution in [0.25, 0.3) is 0 Å². The summed E-state index contributed by atoms with van der Waals surface area (Å²) in [6.07, 6.45) is 0.962. The van der Waals surface area contributed by atoms with Crippen LogP contribution in [-0.4, -0.2) is 46.3 Å². The van der Waals surface area contributed by atoms with E-state index in [0.29, 0.717) is 29.7 Å². The van der Waals surface area contributed by atoms with Crippen molar-refractivity contribution in [2.24, 2.45) is 0 Å². The van der Waals surface area contributed by atoms with E-state index in [9.17, 15) is 14.7 Å². The van der Waals surface area contributed by atoms with Gasteiger partial charge in [0.25, 0.3) is 0 Å². The first-order chi connectivity index (χ1) is 9.45. The number of aromatic carboxylic acids is 1. The first-order valence-corrected chi connectivity index (χ1v) is 7.03. The van der Waals surface area contributed by atoms with Crippen LogP contribution in [0.2, 0.25) is 0 Å². The van der Waals surface area contributed by atoms with Crippen LogP contribution in [0.1, 0.15) is 23.2 Å². The average Bonchev–Trinajstić information content (AvgIpc) is 2.37. The van der Waals surface area contributed by atoms with Crippen LogP contribution in [0.3, 0.4) is 0 Å². The smallest absolute Gasteiger partial charge is 0.335 e. The zero-order valence-corrected chi connectivity index (χ0v) is 12.3. The average molecular weight is 343 g/mol. The molecule has 0 aliphatic carbocycles. The summed E-state index contributed by atoms with van der Waals surface area (Å²) >= 11 is 3.21. The number of carbonyl (C=O) groups is 2. The van der Waals surface area contributed by atoms with E-state index in [0.717, 1.165) is 6.42 Å². The molecule has 0 saturated carbocycles. The van der Waals surface area contributed by atoms with Crippen LogP contribution >= 0.6 is 15.9 Å². The molecule has 0 bridgehead atoms. The lowest BCUT2D eigenvalue weighted by Crippen LogP contribution is -2.44. The van der Waals surface area contributed by atoms with Crippen molar-refractivity contribution in [3.8, 4) is 0 Å². The highest BCUT2D eigenvalue weighted by Gasteiger charge is 2.22. The summed E-state index contributed by atoms with van der Waals surface area (Å²) in [5.41, 5.74) is 0.496. The number of halogens is 1. The minimum atomic E-state index is -1.06. The zero-order chi connectivity index (χ0) is 14.7. The molecule has 1 heterocycles. The molecule has 0 radical (unpaired) electrons. The number of carboxylic acids is 1. The van der Waals surface area contributed by atoms with Crippen LogP contribution in [0.15, 0.2) is 22.7 Å². The third kappa shape index (κ3) is 3.71. The SMILES string of the molecule is O=C(O)c1cc(Br)cc(NC(=O)N2CCCC(O)C2)c1. The first kappa shape index (κ1) is 14.8. The summed E-state index contributed by atoms with van der Waals surface area (Å²) in [5, 5.41) is 21.2. The van der Waals surface area contributed by atoms with E-state index in [1.807, 2.05) is 0 Å². The van der Waals surface area contributed by atoms with Crippen molar-refractivity contribution in [1.29, 1.82) is 0 Å². The number of amides is 2. The van der Waals surface area contributed by atoms with Crippen molar-refractivity contribution in [3.63, 3.8) is 0 Å². The molecule has 0 spiro atoms. The lowest BCUT2D eigenvalue weighted by Gasteiger charge is -2.30. The number of carbonyl (C=O) groups excluding carboxylic acids is 1. The number of rotatable bonds is 2. The molecule has 2 amide bonds. The number of hydrogen-bond donors (Lipinski definition) is 3. The molecular weight excluding hydrogens is 328 g/mol. The summed E-state index contributed by atoms with van der Waals surface area (Å²) in [6, 6.07) is 4.15. The Morgan fingerprint density at radius 1 is 1.35 bits per heavy atom. The van der Waals surface area contributed by atoms with Gasteiger partial charge >= 0.3 is 12.0 Å². The molecule has 108 valence electrons. The highest BCUT2D eigenvalue weighted by atomic mass is 79.9. The summed E-state index contributed by atoms with van der Waals surface area (Å²) in [7, 11) is 0. The van der Waals surface area contributed by atoms with Crippen LogP contribution in [0, 0.1) is 0 Å². The van der Waals surface area contributed by atoms with Gasteiger partial charge in [-0.3, -0.25) is 0 Å². The Morgan fingerprint density at radius 2 is 2.10 bits per heavy atom. The van der Waals surface area contributed by atoms with Gasteiger partial charge in [0.05, 0.1) is 11.7 Å². The third-order valence-electron chi connectivity index (χ3n) is 3.08. The largest absolute Gasteiger partial charge is 0.478 e.